The summed E-state index contributed by atoms with van der Waals surface area (Å²) < 4.78 is 0. The molecule has 0 aromatic carbocycles. The first-order valence-electron chi connectivity index (χ1n) is 26.2. The number of rotatable bonds is 4. The van der Waals surface area contributed by atoms with E-state index in [9.17, 15) is 0 Å². The summed E-state index contributed by atoms with van der Waals surface area (Å²) in [5.41, 5.74) is 0. The maximum absolute atomic E-state index is 1.70. The molecule has 11 aliphatic carbocycles. The monoisotopic (exact) mass is 723 g/mol. The van der Waals surface area contributed by atoms with Gasteiger partial charge in [0.1, 0.15) is 0 Å². The summed E-state index contributed by atoms with van der Waals surface area (Å²) in [6, 6.07) is 0. The lowest BCUT2D eigenvalue weighted by Gasteiger charge is -2.56. The Kier molecular flexibility index (Phi) is 10.7. The van der Waals surface area contributed by atoms with Crippen LogP contribution in [0.1, 0.15) is 212 Å². The highest BCUT2D eigenvalue weighted by molar-refractivity contribution is 5.06. The van der Waals surface area contributed by atoms with E-state index in [1.807, 2.05) is 0 Å². The zero-order chi connectivity index (χ0) is 34.9. The molecule has 53 heavy (non-hydrogen) atoms. The van der Waals surface area contributed by atoms with Crippen LogP contribution in [-0.4, -0.2) is 0 Å². The SMILES string of the molecule is C1CCC(C2CC(C3CCC4C(CCC5C6CCCCC6CCC45)C3)CC(C3CC(C4CCCCC4)CC4C5CC6CCCCC6CC5CC34)C2)CC1. The van der Waals surface area contributed by atoms with Crippen LogP contribution in [0, 0.1) is 118 Å². The lowest BCUT2D eigenvalue weighted by atomic mass is 9.49. The first-order valence-corrected chi connectivity index (χ1v) is 26.2. The molecule has 11 rings (SSSR count). The zero-order valence-corrected chi connectivity index (χ0v) is 34.9. The van der Waals surface area contributed by atoms with Gasteiger partial charge in [-0.05, 0) is 221 Å². The Bertz CT molecular complexity index is 1200. The van der Waals surface area contributed by atoms with Crippen LogP contribution in [0.15, 0.2) is 0 Å². The lowest BCUT2D eigenvalue weighted by molar-refractivity contribution is -0.0633. The van der Waals surface area contributed by atoms with E-state index in [4.69, 9.17) is 0 Å². The Morgan fingerprint density at radius 2 is 0.472 bits per heavy atom. The highest BCUT2D eigenvalue weighted by atomic mass is 14.6. The van der Waals surface area contributed by atoms with Gasteiger partial charge >= 0.3 is 0 Å². The van der Waals surface area contributed by atoms with Crippen LogP contribution >= 0.6 is 0 Å². The largest absolute Gasteiger partial charge is 0.0533 e. The molecule has 0 saturated heterocycles. The molecule has 0 spiro atoms. The van der Waals surface area contributed by atoms with Crippen LogP contribution in [-0.2, 0) is 0 Å². The molecule has 11 saturated carbocycles. The van der Waals surface area contributed by atoms with Crippen molar-refractivity contribution in [2.45, 2.75) is 212 Å². The van der Waals surface area contributed by atoms with Crippen LogP contribution in [0.4, 0.5) is 0 Å². The molecule has 0 aromatic rings. The molecule has 0 aliphatic heterocycles. The molecule has 11 fully saturated rings. The van der Waals surface area contributed by atoms with E-state index in [0.717, 1.165) is 118 Å². The molecule has 0 aromatic heterocycles. The fourth-order valence-corrected chi connectivity index (χ4v) is 20.3. The highest BCUT2D eigenvalue weighted by Crippen LogP contribution is 2.65. The number of hydrogen-bond acceptors (Lipinski definition) is 0. The van der Waals surface area contributed by atoms with Crippen molar-refractivity contribution in [2.75, 3.05) is 0 Å². The maximum Gasteiger partial charge on any atom is -0.0349 e. The third-order valence-electron chi connectivity index (χ3n) is 22.4. The Morgan fingerprint density at radius 1 is 0.132 bits per heavy atom. The van der Waals surface area contributed by atoms with E-state index in [1.54, 1.807) is 212 Å². The van der Waals surface area contributed by atoms with Crippen molar-refractivity contribution < 1.29 is 0 Å². The summed E-state index contributed by atoms with van der Waals surface area (Å²) in [4.78, 5) is 0. The van der Waals surface area contributed by atoms with E-state index in [0.29, 0.717) is 0 Å². The second-order valence-corrected chi connectivity index (χ2v) is 24.1. The smallest absolute Gasteiger partial charge is 0.0349 e. The van der Waals surface area contributed by atoms with Gasteiger partial charge in [-0.2, -0.15) is 0 Å². The fraction of sp³-hybridized carbons (Fsp3) is 1.00. The van der Waals surface area contributed by atoms with E-state index in [-0.39, 0.29) is 0 Å². The summed E-state index contributed by atoms with van der Waals surface area (Å²) in [6.45, 7) is 0. The number of fused-ring (bicyclic) bond motifs is 9. The van der Waals surface area contributed by atoms with Crippen molar-refractivity contribution in [3.63, 3.8) is 0 Å². The molecule has 0 nitrogen and oxygen atoms in total. The first-order chi connectivity index (χ1) is 26.2. The van der Waals surface area contributed by atoms with E-state index >= 15 is 0 Å². The van der Waals surface area contributed by atoms with Gasteiger partial charge in [-0.3, -0.25) is 0 Å². The van der Waals surface area contributed by atoms with Gasteiger partial charge in [-0.15, -0.1) is 0 Å². The lowest BCUT2D eigenvalue weighted by Crippen LogP contribution is -2.47. The van der Waals surface area contributed by atoms with E-state index < -0.39 is 0 Å². The van der Waals surface area contributed by atoms with Crippen molar-refractivity contribution in [1.82, 2.24) is 0 Å². The van der Waals surface area contributed by atoms with Gasteiger partial charge < -0.3 is 0 Å². The van der Waals surface area contributed by atoms with Crippen LogP contribution in [0.5, 0.6) is 0 Å². The van der Waals surface area contributed by atoms with Crippen molar-refractivity contribution >= 4 is 0 Å². The Hall–Kier alpha value is 0. The molecule has 0 radical (unpaired) electrons. The van der Waals surface area contributed by atoms with Crippen molar-refractivity contribution in [1.29, 1.82) is 0 Å². The molecule has 0 heteroatoms. The average molecular weight is 723 g/mol. The van der Waals surface area contributed by atoms with Crippen LogP contribution < -0.4 is 0 Å². The van der Waals surface area contributed by atoms with Gasteiger partial charge in [0.2, 0.25) is 0 Å². The molecular formula is C53H86. The summed E-state index contributed by atoms with van der Waals surface area (Å²) in [6.07, 6.45) is 53.6. The molecule has 0 bridgehead atoms. The standard InChI is InChI=1S/C53H86/c1-3-11-34(12-4-1)41-27-42(39-20-22-47-40(25-39)21-24-48-46-18-10-9-15-36(46)19-23-49(47)48)29-44(28-41)51-31-43(35-13-5-2-6-14-35)32-52-50-30-38-17-8-7-16-37(38)26-45(50)33-53(51)52/h34-53H,1-33H2. The summed E-state index contributed by atoms with van der Waals surface area (Å²) in [7, 11) is 0. The summed E-state index contributed by atoms with van der Waals surface area (Å²) in [5.74, 6) is 22.6. The topological polar surface area (TPSA) is 0 Å². The zero-order valence-electron chi connectivity index (χ0n) is 34.9. The van der Waals surface area contributed by atoms with Gasteiger partial charge in [-0.25, -0.2) is 0 Å². The predicted molar refractivity (Wildman–Crippen MR) is 222 cm³/mol. The van der Waals surface area contributed by atoms with Gasteiger partial charge in [0.05, 0.1) is 0 Å². The Labute approximate surface area is 329 Å². The average Bonchev–Trinajstić information content (AvgIpc) is 3.59. The molecule has 0 N–H and O–H groups in total. The summed E-state index contributed by atoms with van der Waals surface area (Å²) in [5, 5.41) is 0. The minimum atomic E-state index is 1.11. The second-order valence-electron chi connectivity index (χ2n) is 24.1. The molecule has 0 amide bonds. The van der Waals surface area contributed by atoms with E-state index in [1.165, 1.54) is 0 Å². The maximum atomic E-state index is 1.70. The second kappa shape index (κ2) is 15.6. The van der Waals surface area contributed by atoms with Crippen LogP contribution in [0.2, 0.25) is 0 Å². The van der Waals surface area contributed by atoms with E-state index in [2.05, 4.69) is 0 Å². The van der Waals surface area contributed by atoms with Crippen molar-refractivity contribution in [3.05, 3.63) is 0 Å². The minimum Gasteiger partial charge on any atom is -0.0533 e. The molecule has 18 atom stereocenters. The van der Waals surface area contributed by atoms with Gasteiger partial charge in [0.15, 0.2) is 0 Å². The van der Waals surface area contributed by atoms with Crippen molar-refractivity contribution in [3.8, 4) is 0 Å². The fourth-order valence-electron chi connectivity index (χ4n) is 20.3. The molecular weight excluding hydrogens is 637 g/mol. The molecule has 298 valence electrons. The molecule has 18 unspecified atom stereocenters. The van der Waals surface area contributed by atoms with Crippen molar-refractivity contribution in [2.24, 2.45) is 118 Å². The first kappa shape index (κ1) is 36.1. The third kappa shape index (κ3) is 6.93. The predicted octanol–water partition coefficient (Wildman–Crippen LogP) is 15.3. The molecule has 11 aliphatic rings. The van der Waals surface area contributed by atoms with Gasteiger partial charge in [-0.1, -0.05) is 109 Å². The van der Waals surface area contributed by atoms with Gasteiger partial charge in [0.25, 0.3) is 0 Å². The van der Waals surface area contributed by atoms with Gasteiger partial charge in [0, 0.05) is 0 Å². The normalized spacial score (nSPS) is 53.7. The number of hydrogen-bond donors (Lipinski definition) is 0. The quantitative estimate of drug-likeness (QED) is 0.271. The molecule has 0 heterocycles. The Morgan fingerprint density at radius 3 is 1.17 bits per heavy atom. The highest BCUT2D eigenvalue weighted by Gasteiger charge is 2.56. The van der Waals surface area contributed by atoms with Crippen LogP contribution in [0.25, 0.3) is 0 Å². The Balaban J connectivity index is 0.843. The van der Waals surface area contributed by atoms with Crippen LogP contribution in [0.3, 0.4) is 0 Å². The minimum absolute atomic E-state index is 1.11. The third-order valence-corrected chi connectivity index (χ3v) is 22.4. The summed E-state index contributed by atoms with van der Waals surface area (Å²) >= 11 is 0.